The van der Waals surface area contributed by atoms with E-state index in [2.05, 4.69) is 20.8 Å². The molecule has 0 bridgehead atoms. The highest BCUT2D eigenvalue weighted by molar-refractivity contribution is 7.99. The Labute approximate surface area is 186 Å². The summed E-state index contributed by atoms with van der Waals surface area (Å²) in [7, 11) is 0. The number of rotatable bonds is 7. The molecule has 11 heteroatoms. The molecule has 0 radical (unpaired) electrons. The van der Waals surface area contributed by atoms with Gasteiger partial charge in [0.05, 0.1) is 29.2 Å². The van der Waals surface area contributed by atoms with Gasteiger partial charge >= 0.3 is 6.18 Å². The van der Waals surface area contributed by atoms with Crippen molar-refractivity contribution in [3.8, 4) is 0 Å². The predicted octanol–water partition coefficient (Wildman–Crippen LogP) is 4.34. The zero-order valence-electron chi connectivity index (χ0n) is 17.2. The van der Waals surface area contributed by atoms with Gasteiger partial charge in [-0.3, -0.25) is 9.59 Å². The first-order valence-electron chi connectivity index (χ1n) is 9.48. The summed E-state index contributed by atoms with van der Waals surface area (Å²) in [4.78, 5) is 23.8. The smallest absolute Gasteiger partial charge is 0.325 e. The number of hydrogen-bond donors (Lipinski definition) is 2. The molecule has 3 rings (SSSR count). The summed E-state index contributed by atoms with van der Waals surface area (Å²) < 4.78 is 41.1. The van der Waals surface area contributed by atoms with Crippen LogP contribution in [-0.2, 0) is 22.3 Å². The highest BCUT2D eigenvalue weighted by atomic mass is 32.2. The van der Waals surface area contributed by atoms with E-state index in [1.54, 1.807) is 6.92 Å². The van der Waals surface area contributed by atoms with Gasteiger partial charge in [0, 0.05) is 6.92 Å². The zero-order valence-corrected chi connectivity index (χ0v) is 18.0. The van der Waals surface area contributed by atoms with Gasteiger partial charge in [-0.15, -0.1) is 10.2 Å². The molecule has 2 N–H and O–H groups in total. The SMILES string of the molecule is CC(=O)Nc1ccc(C(F)(F)F)cc1NC(=O)CSc1nnc(C)n1Cc1ccccc1. The lowest BCUT2D eigenvalue weighted by molar-refractivity contribution is -0.137. The lowest BCUT2D eigenvalue weighted by Gasteiger charge is -2.15. The summed E-state index contributed by atoms with van der Waals surface area (Å²) in [6.45, 7) is 3.54. The van der Waals surface area contributed by atoms with Gasteiger partial charge in [-0.05, 0) is 30.7 Å². The number of thioether (sulfide) groups is 1. The molecule has 7 nitrogen and oxygen atoms in total. The minimum Gasteiger partial charge on any atom is -0.325 e. The molecule has 168 valence electrons. The number of anilines is 2. The quantitative estimate of drug-likeness (QED) is 0.509. The molecule has 0 spiro atoms. The molecule has 0 saturated carbocycles. The number of carbonyl (C=O) groups excluding carboxylic acids is 2. The Morgan fingerprint density at radius 1 is 1.03 bits per heavy atom. The molecule has 0 aliphatic rings. The highest BCUT2D eigenvalue weighted by Crippen LogP contribution is 2.34. The van der Waals surface area contributed by atoms with E-state index in [4.69, 9.17) is 0 Å². The minimum atomic E-state index is -4.59. The van der Waals surface area contributed by atoms with Crippen molar-refractivity contribution in [2.24, 2.45) is 0 Å². The molecule has 1 heterocycles. The van der Waals surface area contributed by atoms with Crippen LogP contribution < -0.4 is 10.6 Å². The molecule has 1 aromatic heterocycles. The lowest BCUT2D eigenvalue weighted by Crippen LogP contribution is -2.18. The van der Waals surface area contributed by atoms with Gasteiger partial charge in [-0.25, -0.2) is 0 Å². The maximum absolute atomic E-state index is 13.1. The number of nitrogens with one attached hydrogen (secondary N) is 2. The maximum atomic E-state index is 13.1. The number of carbonyl (C=O) groups is 2. The van der Waals surface area contributed by atoms with E-state index in [-0.39, 0.29) is 17.1 Å². The molecule has 0 aliphatic carbocycles. The Balaban J connectivity index is 1.72. The van der Waals surface area contributed by atoms with Crippen molar-refractivity contribution in [2.75, 3.05) is 16.4 Å². The molecular weight excluding hydrogens is 443 g/mol. The first-order chi connectivity index (χ1) is 15.1. The summed E-state index contributed by atoms with van der Waals surface area (Å²) in [5, 5.41) is 13.5. The van der Waals surface area contributed by atoms with E-state index >= 15 is 0 Å². The first kappa shape index (κ1) is 23.3. The topological polar surface area (TPSA) is 88.9 Å². The van der Waals surface area contributed by atoms with E-state index in [9.17, 15) is 22.8 Å². The highest BCUT2D eigenvalue weighted by Gasteiger charge is 2.31. The number of halogens is 3. The van der Waals surface area contributed by atoms with Gasteiger partial charge in [-0.1, -0.05) is 42.1 Å². The van der Waals surface area contributed by atoms with Crippen molar-refractivity contribution >= 4 is 35.0 Å². The Bertz CT molecular complexity index is 1120. The first-order valence-corrected chi connectivity index (χ1v) is 10.5. The van der Waals surface area contributed by atoms with Crippen LogP contribution in [0.3, 0.4) is 0 Å². The average Bonchev–Trinajstić information content (AvgIpc) is 3.07. The van der Waals surface area contributed by atoms with Gasteiger partial charge < -0.3 is 15.2 Å². The number of aryl methyl sites for hydroxylation is 1. The van der Waals surface area contributed by atoms with Crippen LogP contribution in [0.4, 0.5) is 24.5 Å². The zero-order chi connectivity index (χ0) is 23.3. The molecule has 0 fully saturated rings. The second-order valence-corrected chi connectivity index (χ2v) is 7.82. The monoisotopic (exact) mass is 463 g/mol. The number of nitrogens with zero attached hydrogens (tertiary/aromatic N) is 3. The summed E-state index contributed by atoms with van der Waals surface area (Å²) in [6, 6.07) is 12.4. The second kappa shape index (κ2) is 9.86. The maximum Gasteiger partial charge on any atom is 0.416 e. The van der Waals surface area contributed by atoms with Crippen LogP contribution in [0.15, 0.2) is 53.7 Å². The van der Waals surface area contributed by atoms with E-state index in [1.165, 1.54) is 6.92 Å². The summed E-state index contributed by atoms with van der Waals surface area (Å²) in [5.41, 5.74) is 0.0351. The van der Waals surface area contributed by atoms with Gasteiger partial charge in [0.25, 0.3) is 0 Å². The molecule has 2 aromatic carbocycles. The van der Waals surface area contributed by atoms with Crippen LogP contribution in [0.5, 0.6) is 0 Å². The number of aromatic nitrogens is 3. The molecule has 2 amide bonds. The van der Waals surface area contributed by atoms with Gasteiger partial charge in [0.2, 0.25) is 11.8 Å². The summed E-state index contributed by atoms with van der Waals surface area (Å²) in [5.74, 6) is -0.461. The molecule has 3 aromatic rings. The molecule has 0 saturated heterocycles. The molecule has 0 aliphatic heterocycles. The second-order valence-electron chi connectivity index (χ2n) is 6.88. The van der Waals surface area contributed by atoms with Crippen molar-refractivity contribution in [1.29, 1.82) is 0 Å². The van der Waals surface area contributed by atoms with E-state index in [0.29, 0.717) is 17.5 Å². The fourth-order valence-electron chi connectivity index (χ4n) is 2.86. The Morgan fingerprint density at radius 2 is 1.75 bits per heavy atom. The molecular formula is C21H20F3N5O2S. The van der Waals surface area contributed by atoms with Crippen molar-refractivity contribution in [2.45, 2.75) is 31.7 Å². The fraction of sp³-hybridized carbons (Fsp3) is 0.238. The number of amides is 2. The van der Waals surface area contributed by atoms with E-state index in [1.807, 2.05) is 34.9 Å². The predicted molar refractivity (Wildman–Crippen MR) is 115 cm³/mol. The van der Waals surface area contributed by atoms with Gasteiger partial charge in [0.1, 0.15) is 5.82 Å². The van der Waals surface area contributed by atoms with Crippen LogP contribution in [-0.4, -0.2) is 32.3 Å². The largest absolute Gasteiger partial charge is 0.416 e. The third-order valence-corrected chi connectivity index (χ3v) is 5.32. The summed E-state index contributed by atoms with van der Waals surface area (Å²) in [6.07, 6.45) is -4.59. The number of benzene rings is 2. The minimum absolute atomic E-state index is 0.0759. The van der Waals surface area contributed by atoms with Crippen LogP contribution in [0.2, 0.25) is 0 Å². The third kappa shape index (κ3) is 6.10. The number of hydrogen-bond acceptors (Lipinski definition) is 5. The fourth-order valence-corrected chi connectivity index (χ4v) is 3.64. The van der Waals surface area contributed by atoms with Crippen LogP contribution in [0.25, 0.3) is 0 Å². The van der Waals surface area contributed by atoms with E-state index < -0.39 is 23.6 Å². The number of alkyl halides is 3. The van der Waals surface area contributed by atoms with Crippen LogP contribution >= 0.6 is 11.8 Å². The molecule has 32 heavy (non-hydrogen) atoms. The molecule has 0 unspecified atom stereocenters. The van der Waals surface area contributed by atoms with E-state index in [0.717, 1.165) is 35.5 Å². The Hall–Kier alpha value is -3.34. The lowest BCUT2D eigenvalue weighted by atomic mass is 10.1. The van der Waals surface area contributed by atoms with Gasteiger partial charge in [-0.2, -0.15) is 13.2 Å². The third-order valence-electron chi connectivity index (χ3n) is 4.35. The van der Waals surface area contributed by atoms with Gasteiger partial charge in [0.15, 0.2) is 5.16 Å². The Morgan fingerprint density at radius 3 is 2.41 bits per heavy atom. The van der Waals surface area contributed by atoms with Crippen molar-refractivity contribution in [1.82, 2.24) is 14.8 Å². The van der Waals surface area contributed by atoms with Crippen molar-refractivity contribution in [3.63, 3.8) is 0 Å². The van der Waals surface area contributed by atoms with Crippen molar-refractivity contribution in [3.05, 3.63) is 65.5 Å². The average molecular weight is 463 g/mol. The van der Waals surface area contributed by atoms with Crippen molar-refractivity contribution < 1.29 is 22.8 Å². The van der Waals surface area contributed by atoms with Crippen LogP contribution in [0, 0.1) is 6.92 Å². The van der Waals surface area contributed by atoms with Crippen LogP contribution in [0.1, 0.15) is 23.9 Å². The standard InChI is InChI=1S/C21H20F3N5O2S/c1-13-27-28-20(29(13)11-15-6-4-3-5-7-15)32-12-19(31)26-18-10-16(21(22,23)24)8-9-17(18)25-14(2)30/h3-10H,11-12H2,1-2H3,(H,25,30)(H,26,31). The normalized spacial score (nSPS) is 11.3. The molecule has 0 atom stereocenters. The Kier molecular flexibility index (Phi) is 7.18. The summed E-state index contributed by atoms with van der Waals surface area (Å²) >= 11 is 1.11.